The Hall–Kier alpha value is -9.67. The molecule has 11 aromatic carbocycles. The number of pyridine rings is 1. The first-order valence-corrected chi connectivity index (χ1v) is 26.1. The van der Waals surface area contributed by atoms with Gasteiger partial charge in [-0.15, -0.1) is 35.0 Å². The van der Waals surface area contributed by atoms with Gasteiger partial charge in [0.2, 0.25) is 0 Å². The predicted octanol–water partition coefficient (Wildman–Crippen LogP) is 17.9. The molecule has 0 bridgehead atoms. The van der Waals surface area contributed by atoms with Gasteiger partial charge in [0.25, 0.3) is 6.33 Å². The Bertz CT molecular complexity index is 5340. The second-order valence-corrected chi connectivity index (χ2v) is 20.1. The smallest absolute Gasteiger partial charge is 0.268 e. The van der Waals surface area contributed by atoms with Crippen LogP contribution in [0.3, 0.4) is 0 Å². The fourth-order valence-corrected chi connectivity index (χ4v) is 12.9. The van der Waals surface area contributed by atoms with Crippen molar-refractivity contribution in [3.63, 3.8) is 0 Å². The van der Waals surface area contributed by atoms with Crippen LogP contribution in [-0.4, -0.2) is 13.8 Å². The van der Waals surface area contributed by atoms with Crippen LogP contribution >= 0.6 is 0 Å². The zero-order valence-electron chi connectivity index (χ0n) is 41.6. The number of hydrogen-bond donors (Lipinski definition) is 0. The van der Waals surface area contributed by atoms with Gasteiger partial charge in [-0.05, 0) is 106 Å². The summed E-state index contributed by atoms with van der Waals surface area (Å²) in [6.45, 7) is 0. The number of nitrogens with zero attached hydrogens (tertiary/aromatic N) is 4. The molecule has 0 saturated carbocycles. The molecule has 0 fully saturated rings. The molecule has 5 nitrogen and oxygen atoms in total. The molecule has 0 unspecified atom stereocenters. The van der Waals surface area contributed by atoms with Crippen LogP contribution in [0.15, 0.2) is 243 Å². The Morgan fingerprint density at radius 3 is 1.35 bits per heavy atom. The van der Waals surface area contributed by atoms with E-state index in [2.05, 4.69) is 250 Å². The average Bonchev–Trinajstić information content (AvgIpc) is 4.24. The van der Waals surface area contributed by atoms with Gasteiger partial charge in [-0.2, -0.15) is 12.1 Å². The summed E-state index contributed by atoms with van der Waals surface area (Å²) in [4.78, 5) is 5.19. The Labute approximate surface area is 461 Å². The van der Waals surface area contributed by atoms with E-state index in [1.54, 1.807) is 0 Å². The zero-order valence-corrected chi connectivity index (χ0v) is 43.9. The van der Waals surface area contributed by atoms with E-state index in [0.717, 1.165) is 120 Å². The van der Waals surface area contributed by atoms with Crippen molar-refractivity contribution in [3.8, 4) is 50.6 Å². The molecule has 0 saturated heterocycles. The maximum absolute atomic E-state index is 7.10. The van der Waals surface area contributed by atoms with Crippen LogP contribution in [0.25, 0.3) is 148 Å². The molecule has 0 N–H and O–H groups in total. The van der Waals surface area contributed by atoms with Gasteiger partial charge in [0.05, 0.1) is 16.7 Å². The van der Waals surface area contributed by atoms with Crippen LogP contribution in [0.2, 0.25) is 0 Å². The van der Waals surface area contributed by atoms with Gasteiger partial charge in [0.15, 0.2) is 0 Å². The molecule has 0 atom stereocenters. The summed E-state index contributed by atoms with van der Waals surface area (Å²) in [6, 6.07) is 92.9. The van der Waals surface area contributed by atoms with Crippen molar-refractivity contribution in [1.29, 1.82) is 0 Å². The molecular formula is C72H40N4OPt-2. The quantitative estimate of drug-likeness (QED) is 0.128. The van der Waals surface area contributed by atoms with Crippen LogP contribution in [0.1, 0.15) is 0 Å². The minimum Gasteiger partial charge on any atom is -0.510 e. The number of aromatic nitrogens is 4. The minimum atomic E-state index is 0. The molecule has 1 aliphatic heterocycles. The van der Waals surface area contributed by atoms with Gasteiger partial charge in [-0.3, -0.25) is 4.57 Å². The van der Waals surface area contributed by atoms with Crippen molar-refractivity contribution in [1.82, 2.24) is 13.8 Å². The summed E-state index contributed by atoms with van der Waals surface area (Å²) >= 11 is 0. The van der Waals surface area contributed by atoms with Gasteiger partial charge >= 0.3 is 0 Å². The summed E-state index contributed by atoms with van der Waals surface area (Å²) in [5.41, 5.74) is 13.6. The molecule has 0 radical (unpaired) electrons. The van der Waals surface area contributed by atoms with Gasteiger partial charge in [-0.25, -0.2) is 4.98 Å². The van der Waals surface area contributed by atoms with E-state index in [4.69, 9.17) is 9.72 Å². The fourth-order valence-electron chi connectivity index (χ4n) is 12.9. The number of fused-ring (bicyclic) bond motifs is 24. The van der Waals surface area contributed by atoms with Gasteiger partial charge < -0.3 is 13.5 Å². The van der Waals surface area contributed by atoms with Crippen LogP contribution in [0.5, 0.6) is 11.5 Å². The zero-order chi connectivity index (χ0) is 50.3. The number of imidazole rings is 1. The van der Waals surface area contributed by atoms with Crippen molar-refractivity contribution < 1.29 is 30.4 Å². The van der Waals surface area contributed by atoms with E-state index in [0.29, 0.717) is 11.5 Å². The van der Waals surface area contributed by atoms with E-state index in [-0.39, 0.29) is 21.1 Å². The molecule has 16 aromatic rings. The SMILES string of the molecule is [Pt].[c-]1c(Oc2[c-]c3c(cc2)c2cccc4c5ccccc5c5ccccc5c5cccnc5n3c42)ccc2c3ccccc3c3ccccc3c3ccc4c5c3n([c-][n+]5-c3ccccc3-c3ccccc3-c3ccccc3-4)c12. The Morgan fingerprint density at radius 2 is 0.744 bits per heavy atom. The number of benzene rings is 11. The normalized spacial score (nSPS) is 12.0. The fraction of sp³-hybridized carbons (Fsp3) is 0. The molecule has 5 aromatic heterocycles. The predicted molar refractivity (Wildman–Crippen MR) is 316 cm³/mol. The van der Waals surface area contributed by atoms with E-state index < -0.39 is 0 Å². The number of ether oxygens (including phenoxy) is 1. The van der Waals surface area contributed by atoms with Gasteiger partial charge in [0.1, 0.15) is 5.65 Å². The maximum atomic E-state index is 7.10. The monoisotopic (exact) mass is 1170 g/mol. The van der Waals surface area contributed by atoms with Gasteiger partial charge in [0, 0.05) is 55.1 Å². The van der Waals surface area contributed by atoms with Gasteiger partial charge in [-0.1, -0.05) is 205 Å². The Morgan fingerprint density at radius 1 is 0.333 bits per heavy atom. The van der Waals surface area contributed by atoms with Crippen LogP contribution in [0.4, 0.5) is 0 Å². The third kappa shape index (κ3) is 6.34. The van der Waals surface area contributed by atoms with Crippen molar-refractivity contribution in [3.05, 3.63) is 261 Å². The largest absolute Gasteiger partial charge is 0.510 e. The van der Waals surface area contributed by atoms with Crippen LogP contribution in [0, 0.1) is 18.5 Å². The second-order valence-electron chi connectivity index (χ2n) is 20.1. The molecule has 366 valence electrons. The Kier molecular flexibility index (Phi) is 9.82. The van der Waals surface area contributed by atoms with E-state index in [1.807, 2.05) is 24.4 Å². The third-order valence-electron chi connectivity index (χ3n) is 16.1. The summed E-state index contributed by atoms with van der Waals surface area (Å²) < 4.78 is 13.9. The van der Waals surface area contributed by atoms with Crippen molar-refractivity contribution in [2.24, 2.45) is 0 Å². The van der Waals surface area contributed by atoms with Crippen LogP contribution < -0.4 is 9.30 Å². The summed E-state index contributed by atoms with van der Waals surface area (Å²) in [5.74, 6) is 1.12. The van der Waals surface area contributed by atoms with Crippen molar-refractivity contribution >= 4 is 109 Å². The molecule has 1 aliphatic rings. The first-order chi connectivity index (χ1) is 38.2. The summed E-state index contributed by atoms with van der Waals surface area (Å²) in [7, 11) is 0. The molecule has 0 amide bonds. The molecule has 17 rings (SSSR count). The van der Waals surface area contributed by atoms with Crippen LogP contribution in [-0.2, 0) is 21.1 Å². The molecule has 0 spiro atoms. The molecule has 78 heavy (non-hydrogen) atoms. The standard InChI is InChI=1S/C72H40N4O.Pt/c1-7-23-52-46(17-1)48-19-4-10-26-55(48)63-38-39-64-56-27-11-5-20-49(56)47-18-2-8-24-53(47)59-36-34-44(41-67(59)75-43-74(70(63)71(64)75)66-33-14-13-29-58(52)66)77-45-35-37-60-62-31-15-30-61-54-25-9-3-21-50(54)51-22-6-12-28-57(51)65-32-16-40-73-72(65)76(69(61)62)68(60)42-45;/h1-40H;/q-2;. The van der Waals surface area contributed by atoms with E-state index >= 15 is 0 Å². The van der Waals surface area contributed by atoms with E-state index in [1.165, 1.54) is 27.5 Å². The number of hydrogen-bond acceptors (Lipinski definition) is 2. The summed E-state index contributed by atoms with van der Waals surface area (Å²) in [5, 5.41) is 15.6. The first-order valence-electron chi connectivity index (χ1n) is 26.1. The third-order valence-corrected chi connectivity index (χ3v) is 16.1. The molecule has 6 heterocycles. The van der Waals surface area contributed by atoms with Crippen molar-refractivity contribution in [2.45, 2.75) is 0 Å². The molecular weight excluding hydrogens is 1130 g/mol. The number of rotatable bonds is 2. The molecule has 0 aliphatic carbocycles. The molecule has 6 heteroatoms. The topological polar surface area (TPSA) is 34.8 Å². The average molecular weight is 1170 g/mol. The second kappa shape index (κ2) is 17.2. The number of para-hydroxylation sites is 2. The Balaban J connectivity index is 0.00000509. The van der Waals surface area contributed by atoms with Crippen molar-refractivity contribution in [2.75, 3.05) is 0 Å². The minimum absolute atomic E-state index is 0. The first kappa shape index (κ1) is 44.6. The summed E-state index contributed by atoms with van der Waals surface area (Å²) in [6.07, 6.45) is 5.92. The maximum Gasteiger partial charge on any atom is 0.268 e. The van der Waals surface area contributed by atoms with E-state index in [9.17, 15) is 0 Å².